The van der Waals surface area contributed by atoms with Crippen LogP contribution in [0.4, 0.5) is 4.39 Å². The molecule has 0 heterocycles. The molecule has 0 aliphatic heterocycles. The Hall–Kier alpha value is -0.753. The van der Waals surface area contributed by atoms with Gasteiger partial charge in [0.1, 0.15) is 5.82 Å². The fourth-order valence-corrected chi connectivity index (χ4v) is 1.48. The zero-order chi connectivity index (χ0) is 11.3. The summed E-state index contributed by atoms with van der Waals surface area (Å²) in [5.41, 5.74) is 0.973. The third-order valence-electron chi connectivity index (χ3n) is 2.21. The van der Waals surface area contributed by atoms with E-state index in [4.69, 9.17) is 10.2 Å². The lowest BCUT2D eigenvalue weighted by Gasteiger charge is -2.19. The maximum absolute atomic E-state index is 12.6. The van der Waals surface area contributed by atoms with E-state index in [1.165, 1.54) is 12.1 Å². The summed E-state index contributed by atoms with van der Waals surface area (Å²) < 4.78 is 17.1. The molecule has 0 bridgehead atoms. The standard InChI is InChI=1S/C10H15FO3Si/c11-9-5-3-8(4-6-9)2-1-7-10(12,13)14-15/h3-6,12-13H,1-2,7H2,15H3. The first-order valence-corrected chi connectivity index (χ1v) is 5.59. The number of halogens is 1. The van der Waals surface area contributed by atoms with Gasteiger partial charge in [-0.3, -0.25) is 0 Å². The maximum Gasteiger partial charge on any atom is 0.267 e. The minimum absolute atomic E-state index is 0.161. The van der Waals surface area contributed by atoms with Gasteiger partial charge < -0.3 is 14.6 Å². The normalized spacial score (nSPS) is 11.9. The molecule has 0 fully saturated rings. The van der Waals surface area contributed by atoms with Crippen LogP contribution < -0.4 is 0 Å². The quantitative estimate of drug-likeness (QED) is 0.556. The molecule has 84 valence electrons. The van der Waals surface area contributed by atoms with E-state index in [0.717, 1.165) is 5.56 Å². The van der Waals surface area contributed by atoms with Gasteiger partial charge in [0.2, 0.25) is 0 Å². The molecule has 3 nitrogen and oxygen atoms in total. The van der Waals surface area contributed by atoms with Crippen molar-refractivity contribution in [2.45, 2.75) is 25.2 Å². The molecule has 0 saturated heterocycles. The Morgan fingerprint density at radius 3 is 2.40 bits per heavy atom. The van der Waals surface area contributed by atoms with Crippen molar-refractivity contribution >= 4 is 10.5 Å². The SMILES string of the molecule is OC(O)(CCCc1ccc(F)cc1)O[SiH3]. The molecule has 0 atom stereocenters. The van der Waals surface area contributed by atoms with Crippen LogP contribution in [0.5, 0.6) is 0 Å². The van der Waals surface area contributed by atoms with Gasteiger partial charge >= 0.3 is 0 Å². The van der Waals surface area contributed by atoms with E-state index < -0.39 is 5.97 Å². The van der Waals surface area contributed by atoms with Crippen molar-refractivity contribution < 1.29 is 19.0 Å². The van der Waals surface area contributed by atoms with E-state index in [1.54, 1.807) is 12.1 Å². The Labute approximate surface area is 91.1 Å². The molecular weight excluding hydrogens is 215 g/mol. The van der Waals surface area contributed by atoms with E-state index >= 15 is 0 Å². The monoisotopic (exact) mass is 230 g/mol. The molecule has 0 unspecified atom stereocenters. The molecule has 5 heteroatoms. The number of aliphatic hydroxyl groups is 2. The van der Waals surface area contributed by atoms with Crippen LogP contribution in [0, 0.1) is 5.82 Å². The van der Waals surface area contributed by atoms with Crippen LogP contribution in [0.25, 0.3) is 0 Å². The summed E-state index contributed by atoms with van der Waals surface area (Å²) in [5.74, 6) is -2.26. The lowest BCUT2D eigenvalue weighted by Crippen LogP contribution is -2.30. The molecular formula is C10H15FO3Si. The molecule has 15 heavy (non-hydrogen) atoms. The van der Waals surface area contributed by atoms with Crippen LogP contribution >= 0.6 is 0 Å². The van der Waals surface area contributed by atoms with Crippen molar-refractivity contribution in [3.63, 3.8) is 0 Å². The van der Waals surface area contributed by atoms with Gasteiger partial charge in [-0.05, 0) is 30.5 Å². The second-order valence-electron chi connectivity index (χ2n) is 3.43. The van der Waals surface area contributed by atoms with Gasteiger partial charge in [-0.2, -0.15) is 0 Å². The third-order valence-corrected chi connectivity index (χ3v) is 2.86. The summed E-state index contributed by atoms with van der Waals surface area (Å²) in [6.45, 7) is 0. The molecule has 1 aromatic carbocycles. The van der Waals surface area contributed by atoms with Crippen LogP contribution in [-0.4, -0.2) is 26.7 Å². The highest BCUT2D eigenvalue weighted by atomic mass is 28.2. The van der Waals surface area contributed by atoms with Crippen molar-refractivity contribution in [3.8, 4) is 0 Å². The van der Waals surface area contributed by atoms with E-state index in [1.807, 2.05) is 0 Å². The van der Waals surface area contributed by atoms with Crippen molar-refractivity contribution in [3.05, 3.63) is 35.6 Å². The van der Waals surface area contributed by atoms with Gasteiger partial charge in [-0.1, -0.05) is 12.1 Å². The second-order valence-corrected chi connectivity index (χ2v) is 3.84. The largest absolute Gasteiger partial charge is 0.381 e. The fourth-order valence-electron chi connectivity index (χ4n) is 1.28. The summed E-state index contributed by atoms with van der Waals surface area (Å²) >= 11 is 0. The first-order valence-electron chi connectivity index (χ1n) is 4.78. The van der Waals surface area contributed by atoms with Gasteiger partial charge in [0.05, 0.1) is 0 Å². The van der Waals surface area contributed by atoms with Crippen molar-refractivity contribution in [2.24, 2.45) is 0 Å². The molecule has 0 radical (unpaired) electrons. The lowest BCUT2D eigenvalue weighted by molar-refractivity contribution is -0.295. The topological polar surface area (TPSA) is 49.7 Å². The molecule has 1 aromatic rings. The molecule has 2 N–H and O–H groups in total. The predicted octanol–water partition coefficient (Wildman–Crippen LogP) is 0.0838. The van der Waals surface area contributed by atoms with Gasteiger partial charge in [0, 0.05) is 6.42 Å². The van der Waals surface area contributed by atoms with E-state index in [0.29, 0.717) is 12.8 Å². The number of benzene rings is 1. The van der Waals surface area contributed by atoms with Crippen molar-refractivity contribution in [2.75, 3.05) is 0 Å². The molecule has 0 aliphatic carbocycles. The lowest BCUT2D eigenvalue weighted by atomic mass is 10.1. The fraction of sp³-hybridized carbons (Fsp3) is 0.400. The van der Waals surface area contributed by atoms with Gasteiger partial charge in [0.25, 0.3) is 5.97 Å². The molecule has 1 rings (SSSR count). The Bertz CT molecular complexity index is 300. The van der Waals surface area contributed by atoms with Crippen LogP contribution in [0.1, 0.15) is 18.4 Å². The second kappa shape index (κ2) is 5.36. The summed E-state index contributed by atoms with van der Waals surface area (Å²) in [6, 6.07) is 6.16. The minimum Gasteiger partial charge on any atom is -0.381 e. The van der Waals surface area contributed by atoms with Crippen molar-refractivity contribution in [1.29, 1.82) is 0 Å². The van der Waals surface area contributed by atoms with Crippen LogP contribution in [-0.2, 0) is 10.8 Å². The summed E-state index contributed by atoms with van der Waals surface area (Å²) in [5, 5.41) is 18.3. The Morgan fingerprint density at radius 2 is 1.87 bits per heavy atom. The van der Waals surface area contributed by atoms with E-state index in [2.05, 4.69) is 4.43 Å². The predicted molar refractivity (Wildman–Crippen MR) is 57.5 cm³/mol. The van der Waals surface area contributed by atoms with Gasteiger partial charge in [-0.25, -0.2) is 4.39 Å². The zero-order valence-electron chi connectivity index (χ0n) is 8.61. The molecule has 0 amide bonds. The highest BCUT2D eigenvalue weighted by Crippen LogP contribution is 2.13. The smallest absolute Gasteiger partial charge is 0.267 e. The highest BCUT2D eigenvalue weighted by molar-refractivity contribution is 5.98. The van der Waals surface area contributed by atoms with Crippen LogP contribution in [0.2, 0.25) is 0 Å². The zero-order valence-corrected chi connectivity index (χ0v) is 10.6. The average Bonchev–Trinajstić information content (AvgIpc) is 2.21. The third kappa shape index (κ3) is 4.52. The molecule has 0 saturated carbocycles. The van der Waals surface area contributed by atoms with Gasteiger partial charge in [0.15, 0.2) is 10.5 Å². The summed E-state index contributed by atoms with van der Waals surface area (Å²) in [6.07, 6.45) is 1.42. The van der Waals surface area contributed by atoms with E-state index in [-0.39, 0.29) is 22.7 Å². The van der Waals surface area contributed by atoms with Crippen LogP contribution in [0.15, 0.2) is 24.3 Å². The number of aryl methyl sites for hydroxylation is 1. The minimum atomic E-state index is -1.99. The first kappa shape index (κ1) is 12.3. The van der Waals surface area contributed by atoms with E-state index in [9.17, 15) is 4.39 Å². The Morgan fingerprint density at radius 1 is 1.27 bits per heavy atom. The Kier molecular flexibility index (Phi) is 4.40. The number of rotatable bonds is 5. The summed E-state index contributed by atoms with van der Waals surface area (Å²) in [7, 11) is 0.283. The van der Waals surface area contributed by atoms with Crippen LogP contribution in [0.3, 0.4) is 0 Å². The number of hydrogen-bond acceptors (Lipinski definition) is 3. The van der Waals surface area contributed by atoms with Crippen molar-refractivity contribution in [1.82, 2.24) is 0 Å². The summed E-state index contributed by atoms with van der Waals surface area (Å²) in [4.78, 5) is 0. The average molecular weight is 230 g/mol. The van der Waals surface area contributed by atoms with Gasteiger partial charge in [-0.15, -0.1) is 0 Å². The molecule has 0 spiro atoms. The molecule has 0 aromatic heterocycles. The maximum atomic E-state index is 12.6. The first-order chi connectivity index (χ1) is 7.03. The Balaban J connectivity index is 2.35. The molecule has 0 aliphatic rings. The number of hydrogen-bond donors (Lipinski definition) is 2. The highest BCUT2D eigenvalue weighted by Gasteiger charge is 2.20.